The smallest absolute Gasteiger partial charge is 0.0466 e. The van der Waals surface area contributed by atoms with Crippen molar-refractivity contribution in [3.05, 3.63) is 0 Å². The van der Waals surface area contributed by atoms with Crippen molar-refractivity contribution in [3.8, 4) is 0 Å². The SMILES string of the molecule is CCCCCCCCCCCCOCCCCCCCCCCCC.[Zn]. The molecule has 0 aliphatic heterocycles. The van der Waals surface area contributed by atoms with Crippen molar-refractivity contribution in [1.29, 1.82) is 0 Å². The van der Waals surface area contributed by atoms with E-state index >= 15 is 0 Å². The Morgan fingerprint density at radius 2 is 0.577 bits per heavy atom. The van der Waals surface area contributed by atoms with E-state index in [0.29, 0.717) is 0 Å². The monoisotopic (exact) mass is 418 g/mol. The van der Waals surface area contributed by atoms with E-state index in [1.807, 2.05) is 0 Å². The summed E-state index contributed by atoms with van der Waals surface area (Å²) >= 11 is 0. The average Bonchev–Trinajstić information content (AvgIpc) is 2.63. The van der Waals surface area contributed by atoms with Crippen LogP contribution in [0.4, 0.5) is 0 Å². The molecule has 0 fully saturated rings. The predicted molar refractivity (Wildman–Crippen MR) is 115 cm³/mol. The van der Waals surface area contributed by atoms with Crippen molar-refractivity contribution >= 4 is 0 Å². The first-order valence-corrected chi connectivity index (χ1v) is 12.0. The molecule has 0 N–H and O–H groups in total. The van der Waals surface area contributed by atoms with Gasteiger partial charge in [0.2, 0.25) is 0 Å². The summed E-state index contributed by atoms with van der Waals surface area (Å²) in [6.45, 7) is 6.57. The van der Waals surface area contributed by atoms with Crippen molar-refractivity contribution in [2.75, 3.05) is 13.2 Å². The molecule has 0 aliphatic carbocycles. The van der Waals surface area contributed by atoms with Gasteiger partial charge in [0.05, 0.1) is 0 Å². The van der Waals surface area contributed by atoms with E-state index in [0.717, 1.165) is 13.2 Å². The van der Waals surface area contributed by atoms with Gasteiger partial charge in [0, 0.05) is 32.7 Å². The first-order chi connectivity index (χ1) is 12.4. The van der Waals surface area contributed by atoms with E-state index < -0.39 is 0 Å². The van der Waals surface area contributed by atoms with E-state index in [1.54, 1.807) is 0 Å². The quantitative estimate of drug-likeness (QED) is 0.126. The van der Waals surface area contributed by atoms with Gasteiger partial charge >= 0.3 is 0 Å². The summed E-state index contributed by atoms with van der Waals surface area (Å²) in [6.07, 6.45) is 28.2. The molecule has 26 heavy (non-hydrogen) atoms. The molecule has 0 bridgehead atoms. The maximum atomic E-state index is 5.78. The molecule has 0 radical (unpaired) electrons. The molecule has 0 amide bonds. The Bertz CT molecular complexity index is 198. The zero-order valence-corrected chi connectivity index (χ0v) is 21.6. The zero-order valence-electron chi connectivity index (χ0n) is 18.7. The minimum absolute atomic E-state index is 0. The van der Waals surface area contributed by atoms with Gasteiger partial charge in [-0.1, -0.05) is 129 Å². The van der Waals surface area contributed by atoms with Gasteiger partial charge in [-0.2, -0.15) is 0 Å². The van der Waals surface area contributed by atoms with Crippen molar-refractivity contribution in [2.24, 2.45) is 0 Å². The van der Waals surface area contributed by atoms with Crippen LogP contribution in [0.2, 0.25) is 0 Å². The van der Waals surface area contributed by atoms with Crippen molar-refractivity contribution in [1.82, 2.24) is 0 Å². The molecule has 154 valence electrons. The summed E-state index contributed by atoms with van der Waals surface area (Å²) in [6, 6.07) is 0. The molecule has 0 aromatic heterocycles. The Hall–Kier alpha value is 0.583. The Balaban J connectivity index is 0. The van der Waals surface area contributed by atoms with Crippen LogP contribution < -0.4 is 0 Å². The molecule has 0 aromatic rings. The molecule has 1 nitrogen and oxygen atoms in total. The number of hydrogen-bond donors (Lipinski definition) is 0. The molecule has 0 saturated heterocycles. The maximum Gasteiger partial charge on any atom is 0.0466 e. The number of unbranched alkanes of at least 4 members (excludes halogenated alkanes) is 18. The van der Waals surface area contributed by atoms with Crippen LogP contribution in [0.3, 0.4) is 0 Å². The fourth-order valence-electron chi connectivity index (χ4n) is 3.49. The standard InChI is InChI=1S/C24H50O.Zn/c1-3-5-7-9-11-13-15-17-19-21-23-25-24-22-20-18-16-14-12-10-8-6-4-2;/h3-24H2,1-2H3;. The van der Waals surface area contributed by atoms with E-state index in [2.05, 4.69) is 13.8 Å². The summed E-state index contributed by atoms with van der Waals surface area (Å²) in [5.41, 5.74) is 0. The predicted octanol–water partition coefficient (Wildman–Crippen LogP) is 8.84. The Kier molecular flexibility index (Phi) is 30.8. The first-order valence-electron chi connectivity index (χ1n) is 12.0. The topological polar surface area (TPSA) is 9.23 Å². The Morgan fingerprint density at radius 3 is 0.846 bits per heavy atom. The summed E-state index contributed by atoms with van der Waals surface area (Å²) in [7, 11) is 0. The van der Waals surface area contributed by atoms with Gasteiger partial charge in [-0.15, -0.1) is 0 Å². The summed E-state index contributed by atoms with van der Waals surface area (Å²) in [5, 5.41) is 0. The second-order valence-corrected chi connectivity index (χ2v) is 7.98. The largest absolute Gasteiger partial charge is 0.381 e. The third kappa shape index (κ3) is 26.8. The summed E-state index contributed by atoms with van der Waals surface area (Å²) in [5.74, 6) is 0. The van der Waals surface area contributed by atoms with Crippen LogP contribution in [-0.2, 0) is 24.2 Å². The van der Waals surface area contributed by atoms with Crippen LogP contribution in [0, 0.1) is 0 Å². The average molecular weight is 420 g/mol. The first kappa shape index (κ1) is 28.8. The van der Waals surface area contributed by atoms with Crippen LogP contribution in [0.15, 0.2) is 0 Å². The molecule has 0 unspecified atom stereocenters. The molecule has 0 atom stereocenters. The van der Waals surface area contributed by atoms with Crippen LogP contribution in [0.25, 0.3) is 0 Å². The van der Waals surface area contributed by atoms with Gasteiger partial charge in [0.25, 0.3) is 0 Å². The van der Waals surface area contributed by atoms with Gasteiger partial charge in [-0.05, 0) is 12.8 Å². The molecule has 0 heterocycles. The number of hydrogen-bond acceptors (Lipinski definition) is 1. The number of rotatable bonds is 22. The molecule has 0 spiro atoms. The van der Waals surface area contributed by atoms with Crippen LogP contribution >= 0.6 is 0 Å². The van der Waals surface area contributed by atoms with Crippen molar-refractivity contribution in [2.45, 2.75) is 142 Å². The van der Waals surface area contributed by atoms with E-state index in [4.69, 9.17) is 4.74 Å². The molecule has 0 aromatic carbocycles. The van der Waals surface area contributed by atoms with Gasteiger partial charge in [0.1, 0.15) is 0 Å². The van der Waals surface area contributed by atoms with E-state index in [9.17, 15) is 0 Å². The summed E-state index contributed by atoms with van der Waals surface area (Å²) in [4.78, 5) is 0. The fourth-order valence-corrected chi connectivity index (χ4v) is 3.49. The zero-order chi connectivity index (χ0) is 18.3. The third-order valence-electron chi connectivity index (χ3n) is 5.28. The van der Waals surface area contributed by atoms with Gasteiger partial charge in [-0.3, -0.25) is 0 Å². The Labute approximate surface area is 179 Å². The van der Waals surface area contributed by atoms with Gasteiger partial charge in [-0.25, -0.2) is 0 Å². The maximum absolute atomic E-state index is 5.78. The minimum Gasteiger partial charge on any atom is -0.381 e. The van der Waals surface area contributed by atoms with Crippen LogP contribution in [0.5, 0.6) is 0 Å². The van der Waals surface area contributed by atoms with Crippen LogP contribution in [-0.4, -0.2) is 13.2 Å². The van der Waals surface area contributed by atoms with Gasteiger partial charge < -0.3 is 4.74 Å². The molecule has 0 rings (SSSR count). The fraction of sp³-hybridized carbons (Fsp3) is 1.00. The molecular weight excluding hydrogens is 370 g/mol. The van der Waals surface area contributed by atoms with Crippen molar-refractivity contribution in [3.63, 3.8) is 0 Å². The van der Waals surface area contributed by atoms with Gasteiger partial charge in [0.15, 0.2) is 0 Å². The van der Waals surface area contributed by atoms with Crippen LogP contribution in [0.1, 0.15) is 142 Å². The number of ether oxygens (including phenoxy) is 1. The van der Waals surface area contributed by atoms with E-state index in [1.165, 1.54) is 128 Å². The normalized spacial score (nSPS) is 10.8. The Morgan fingerprint density at radius 1 is 0.346 bits per heavy atom. The van der Waals surface area contributed by atoms with Crippen molar-refractivity contribution < 1.29 is 24.2 Å². The molecular formula is C24H50OZn. The minimum atomic E-state index is 0. The molecule has 0 aliphatic rings. The third-order valence-corrected chi connectivity index (χ3v) is 5.28. The second kappa shape index (κ2) is 27.8. The van der Waals surface area contributed by atoms with E-state index in [-0.39, 0.29) is 19.5 Å². The second-order valence-electron chi connectivity index (χ2n) is 7.98. The summed E-state index contributed by atoms with van der Waals surface area (Å²) < 4.78 is 5.78. The molecule has 0 saturated carbocycles. The molecule has 2 heteroatoms.